The number of ketones is 1. The van der Waals surface area contributed by atoms with Crippen molar-refractivity contribution >= 4 is 34.5 Å². The summed E-state index contributed by atoms with van der Waals surface area (Å²) in [6.45, 7) is 1.85. The largest absolute Gasteiger partial charge is 0.319 e. The number of carbonyl (C=O) groups excluding carboxylic acids is 2. The van der Waals surface area contributed by atoms with Crippen LogP contribution in [0.1, 0.15) is 16.1 Å². The van der Waals surface area contributed by atoms with Crippen molar-refractivity contribution < 1.29 is 14.0 Å². The quantitative estimate of drug-likeness (QED) is 0.358. The summed E-state index contributed by atoms with van der Waals surface area (Å²) in [4.78, 5) is 25.8. The van der Waals surface area contributed by atoms with Crippen LogP contribution < -0.4 is 5.32 Å². The number of aryl methyl sites for hydroxylation is 1. The smallest absolute Gasteiger partial charge is 0.298 e. The van der Waals surface area contributed by atoms with Crippen molar-refractivity contribution in [3.8, 4) is 11.1 Å². The highest BCUT2D eigenvalue weighted by Gasteiger charge is 2.25. The average molecular weight is 407 g/mol. The van der Waals surface area contributed by atoms with E-state index in [1.165, 1.54) is 12.1 Å². The van der Waals surface area contributed by atoms with Crippen LogP contribution in [0.25, 0.3) is 16.6 Å². The molecule has 2 heterocycles. The molecular formula is C23H16ClFN2O2. The Bertz CT molecular complexity index is 1250. The van der Waals surface area contributed by atoms with Gasteiger partial charge in [0.1, 0.15) is 11.5 Å². The van der Waals surface area contributed by atoms with E-state index in [9.17, 15) is 14.0 Å². The second-order valence-electron chi connectivity index (χ2n) is 6.66. The molecule has 0 aliphatic carbocycles. The zero-order valence-electron chi connectivity index (χ0n) is 15.4. The lowest BCUT2D eigenvalue weighted by molar-refractivity contribution is -0.112. The average Bonchev–Trinajstić information content (AvgIpc) is 3.10. The van der Waals surface area contributed by atoms with Crippen LogP contribution >= 0.6 is 11.6 Å². The van der Waals surface area contributed by atoms with Gasteiger partial charge in [0.25, 0.3) is 11.7 Å². The van der Waals surface area contributed by atoms with Gasteiger partial charge in [-0.3, -0.25) is 9.59 Å². The Balaban J connectivity index is 1.76. The first kappa shape index (κ1) is 18.9. The van der Waals surface area contributed by atoms with Gasteiger partial charge in [-0.25, -0.2) is 4.39 Å². The minimum atomic E-state index is -0.780. The molecule has 0 unspecified atom stereocenters. The van der Waals surface area contributed by atoms with E-state index < -0.39 is 11.7 Å². The molecular weight excluding hydrogens is 391 g/mol. The third-order valence-corrected chi connectivity index (χ3v) is 5.09. The summed E-state index contributed by atoms with van der Waals surface area (Å²) in [5.74, 6) is -1.86. The maximum atomic E-state index is 13.4. The number of halogens is 2. The molecule has 2 aromatic carbocycles. The standard InChI is InChI=1S/C23H16ClFN2O2/c1-14-5-10-17(12-20(14)24)26-23(29)22(28)21-19(15-6-8-16(25)9-7-15)13-18-4-2-3-11-27(18)21/h2-13H,1H3,(H,26,29). The number of amides is 1. The van der Waals surface area contributed by atoms with E-state index in [4.69, 9.17) is 11.6 Å². The first-order chi connectivity index (χ1) is 13.9. The zero-order chi connectivity index (χ0) is 20.5. The molecule has 0 saturated heterocycles. The number of benzene rings is 2. The third kappa shape index (κ3) is 3.65. The number of rotatable bonds is 4. The lowest BCUT2D eigenvalue weighted by Crippen LogP contribution is -2.24. The van der Waals surface area contributed by atoms with Gasteiger partial charge in [-0.1, -0.05) is 35.9 Å². The second-order valence-corrected chi connectivity index (χ2v) is 7.06. The van der Waals surface area contributed by atoms with Crippen LogP contribution in [-0.4, -0.2) is 16.1 Å². The first-order valence-corrected chi connectivity index (χ1v) is 9.30. The number of hydrogen-bond donors (Lipinski definition) is 1. The number of nitrogens with one attached hydrogen (secondary N) is 1. The molecule has 144 valence electrons. The third-order valence-electron chi connectivity index (χ3n) is 4.69. The Kier molecular flexibility index (Phi) is 4.91. The van der Waals surface area contributed by atoms with Crippen LogP contribution in [0, 0.1) is 12.7 Å². The SMILES string of the molecule is Cc1ccc(NC(=O)C(=O)c2c(-c3ccc(F)cc3)cc3ccccn23)cc1Cl. The molecule has 0 bridgehead atoms. The first-order valence-electron chi connectivity index (χ1n) is 8.92. The second kappa shape index (κ2) is 7.53. The molecule has 29 heavy (non-hydrogen) atoms. The summed E-state index contributed by atoms with van der Waals surface area (Å²) in [7, 11) is 0. The van der Waals surface area contributed by atoms with E-state index in [1.807, 2.05) is 19.1 Å². The molecule has 0 spiro atoms. The van der Waals surface area contributed by atoms with E-state index in [2.05, 4.69) is 5.32 Å². The number of fused-ring (bicyclic) bond motifs is 1. The van der Waals surface area contributed by atoms with E-state index in [0.29, 0.717) is 21.8 Å². The van der Waals surface area contributed by atoms with E-state index >= 15 is 0 Å². The summed E-state index contributed by atoms with van der Waals surface area (Å²) in [5.41, 5.74) is 3.46. The molecule has 0 radical (unpaired) electrons. The van der Waals surface area contributed by atoms with Crippen molar-refractivity contribution in [2.45, 2.75) is 6.92 Å². The minimum Gasteiger partial charge on any atom is -0.319 e. The number of Topliss-reactive ketones (excluding diaryl/α,β-unsaturated/α-hetero) is 1. The number of carbonyl (C=O) groups is 2. The fourth-order valence-corrected chi connectivity index (χ4v) is 3.35. The Morgan fingerprint density at radius 3 is 2.48 bits per heavy atom. The van der Waals surface area contributed by atoms with Gasteiger partial charge in [-0.2, -0.15) is 0 Å². The van der Waals surface area contributed by atoms with Crippen LogP contribution in [0.5, 0.6) is 0 Å². The topological polar surface area (TPSA) is 50.6 Å². The molecule has 0 aliphatic rings. The Morgan fingerprint density at radius 2 is 1.76 bits per heavy atom. The maximum absolute atomic E-state index is 13.4. The van der Waals surface area contributed by atoms with Crippen molar-refractivity contribution in [1.29, 1.82) is 0 Å². The minimum absolute atomic E-state index is 0.211. The van der Waals surface area contributed by atoms with Crippen LogP contribution in [0.15, 0.2) is 72.9 Å². The zero-order valence-corrected chi connectivity index (χ0v) is 16.2. The van der Waals surface area contributed by atoms with E-state index in [-0.39, 0.29) is 11.5 Å². The summed E-state index contributed by atoms with van der Waals surface area (Å²) in [6.07, 6.45) is 1.71. The summed E-state index contributed by atoms with van der Waals surface area (Å²) < 4.78 is 15.0. The molecule has 1 N–H and O–H groups in total. The molecule has 4 nitrogen and oxygen atoms in total. The van der Waals surface area contributed by atoms with Gasteiger partial charge in [-0.15, -0.1) is 0 Å². The van der Waals surface area contributed by atoms with Crippen molar-refractivity contribution in [2.24, 2.45) is 0 Å². The van der Waals surface area contributed by atoms with Crippen molar-refractivity contribution in [3.63, 3.8) is 0 Å². The van der Waals surface area contributed by atoms with E-state index in [1.54, 1.807) is 53.1 Å². The van der Waals surface area contributed by atoms with Gasteiger partial charge in [0.2, 0.25) is 0 Å². The number of anilines is 1. The Labute approximate surface area is 171 Å². The van der Waals surface area contributed by atoms with Gasteiger partial charge in [0.15, 0.2) is 0 Å². The molecule has 2 aromatic heterocycles. The van der Waals surface area contributed by atoms with Crippen molar-refractivity contribution in [1.82, 2.24) is 4.40 Å². The lowest BCUT2D eigenvalue weighted by atomic mass is 10.0. The molecule has 6 heteroatoms. The molecule has 1 amide bonds. The molecule has 0 saturated carbocycles. The number of pyridine rings is 1. The number of aromatic nitrogens is 1. The van der Waals surface area contributed by atoms with Crippen LogP contribution in [0.2, 0.25) is 5.02 Å². The van der Waals surface area contributed by atoms with Crippen LogP contribution in [0.3, 0.4) is 0 Å². The predicted octanol–water partition coefficient (Wildman–Crippen LogP) is 5.53. The molecule has 4 aromatic rings. The highest BCUT2D eigenvalue weighted by molar-refractivity contribution is 6.47. The number of hydrogen-bond acceptors (Lipinski definition) is 2. The fraction of sp³-hybridized carbons (Fsp3) is 0.0435. The summed E-state index contributed by atoms with van der Waals surface area (Å²) in [6, 6.07) is 18.1. The Hall–Kier alpha value is -3.44. The van der Waals surface area contributed by atoms with Gasteiger partial charge >= 0.3 is 0 Å². The van der Waals surface area contributed by atoms with Crippen LogP contribution in [-0.2, 0) is 4.79 Å². The lowest BCUT2D eigenvalue weighted by Gasteiger charge is -2.09. The summed E-state index contributed by atoms with van der Waals surface area (Å²) in [5, 5.41) is 3.10. The fourth-order valence-electron chi connectivity index (χ4n) is 3.17. The van der Waals surface area contributed by atoms with Crippen molar-refractivity contribution in [3.05, 3.63) is 95.0 Å². The Morgan fingerprint density at radius 1 is 1.00 bits per heavy atom. The van der Waals surface area contributed by atoms with Gasteiger partial charge in [-0.05, 0) is 60.5 Å². The monoisotopic (exact) mass is 406 g/mol. The highest BCUT2D eigenvalue weighted by Crippen LogP contribution is 2.29. The van der Waals surface area contributed by atoms with Crippen LogP contribution in [0.4, 0.5) is 10.1 Å². The molecule has 4 rings (SSSR count). The highest BCUT2D eigenvalue weighted by atomic mass is 35.5. The van der Waals surface area contributed by atoms with Gasteiger partial charge in [0.05, 0.1) is 0 Å². The molecule has 0 atom stereocenters. The van der Waals surface area contributed by atoms with Crippen molar-refractivity contribution in [2.75, 3.05) is 5.32 Å². The maximum Gasteiger partial charge on any atom is 0.298 e. The normalized spacial score (nSPS) is 10.9. The predicted molar refractivity (Wildman–Crippen MR) is 112 cm³/mol. The number of nitrogens with zero attached hydrogens (tertiary/aromatic N) is 1. The van der Waals surface area contributed by atoms with E-state index in [0.717, 1.165) is 11.1 Å². The summed E-state index contributed by atoms with van der Waals surface area (Å²) >= 11 is 6.10. The van der Waals surface area contributed by atoms with Gasteiger partial charge in [0, 0.05) is 28.0 Å². The van der Waals surface area contributed by atoms with Gasteiger partial charge < -0.3 is 9.72 Å². The molecule has 0 fully saturated rings. The molecule has 0 aliphatic heterocycles.